The molecule has 1 aromatic carbocycles. The van der Waals surface area contributed by atoms with Crippen LogP contribution in [0.15, 0.2) is 12.1 Å². The second-order valence-corrected chi connectivity index (χ2v) is 3.00. The summed E-state index contributed by atoms with van der Waals surface area (Å²) < 4.78 is 13.4. The van der Waals surface area contributed by atoms with Gasteiger partial charge in [-0.2, -0.15) is 5.26 Å². The van der Waals surface area contributed by atoms with Gasteiger partial charge in [0.05, 0.1) is 11.1 Å². The van der Waals surface area contributed by atoms with Gasteiger partial charge in [-0.15, -0.1) is 0 Å². The fourth-order valence-electron chi connectivity index (χ4n) is 1.59. The molecule has 0 bridgehead atoms. The predicted octanol–water partition coefficient (Wildman–Crippen LogP) is 1.83. The number of nitrogens with zero attached hydrogens (tertiary/aromatic N) is 1. The molecule has 0 heterocycles. The van der Waals surface area contributed by atoms with Crippen LogP contribution in [-0.2, 0) is 6.42 Å². The Morgan fingerprint density at radius 1 is 1.38 bits per heavy atom. The fourth-order valence-corrected chi connectivity index (χ4v) is 1.59. The second kappa shape index (κ2) is 2.67. The second-order valence-electron chi connectivity index (χ2n) is 3.00. The van der Waals surface area contributed by atoms with Crippen LogP contribution >= 0.6 is 0 Å². The Bertz CT molecular complexity index is 431. The first-order valence-electron chi connectivity index (χ1n) is 3.98. The largest absolute Gasteiger partial charge is 0.294 e. The van der Waals surface area contributed by atoms with Gasteiger partial charge in [0.1, 0.15) is 6.07 Å². The zero-order valence-corrected chi connectivity index (χ0v) is 6.80. The molecule has 64 valence electrons. The quantitative estimate of drug-likeness (QED) is 0.603. The highest BCUT2D eigenvalue weighted by atomic mass is 19.1. The molecule has 0 radical (unpaired) electrons. The third-order valence-electron chi connectivity index (χ3n) is 2.25. The summed E-state index contributed by atoms with van der Waals surface area (Å²) in [6.45, 7) is 0. The molecule has 0 saturated carbocycles. The maximum absolute atomic E-state index is 13.4. The van der Waals surface area contributed by atoms with E-state index >= 15 is 0 Å². The molecule has 0 atom stereocenters. The van der Waals surface area contributed by atoms with E-state index in [1.165, 1.54) is 6.07 Å². The van der Waals surface area contributed by atoms with Crippen LogP contribution in [-0.4, -0.2) is 5.78 Å². The minimum atomic E-state index is -0.650. The molecule has 0 saturated heterocycles. The number of carbonyl (C=O) groups excluding carboxylic acids is 1. The Kier molecular flexibility index (Phi) is 1.63. The van der Waals surface area contributed by atoms with Crippen molar-refractivity contribution in [3.8, 4) is 6.07 Å². The van der Waals surface area contributed by atoms with E-state index in [2.05, 4.69) is 0 Å². The van der Waals surface area contributed by atoms with E-state index in [1.807, 2.05) is 0 Å². The molecule has 0 N–H and O–H groups in total. The molecule has 0 spiro atoms. The van der Waals surface area contributed by atoms with E-state index in [-0.39, 0.29) is 16.9 Å². The van der Waals surface area contributed by atoms with Gasteiger partial charge in [-0.3, -0.25) is 4.79 Å². The molecule has 0 aromatic heterocycles. The number of aryl methyl sites for hydroxylation is 1. The Hall–Kier alpha value is -1.69. The summed E-state index contributed by atoms with van der Waals surface area (Å²) >= 11 is 0. The lowest BCUT2D eigenvalue weighted by Gasteiger charge is -1.99. The van der Waals surface area contributed by atoms with Crippen LogP contribution in [0, 0.1) is 17.1 Å². The maximum Gasteiger partial charge on any atom is 0.166 e. The predicted molar refractivity (Wildman–Crippen MR) is 43.8 cm³/mol. The molecule has 2 nitrogen and oxygen atoms in total. The number of benzene rings is 1. The van der Waals surface area contributed by atoms with Crippen molar-refractivity contribution in [2.75, 3.05) is 0 Å². The van der Waals surface area contributed by atoms with Crippen LogP contribution in [0.1, 0.15) is 27.9 Å². The van der Waals surface area contributed by atoms with E-state index < -0.39 is 5.82 Å². The van der Waals surface area contributed by atoms with Crippen LogP contribution in [0.5, 0.6) is 0 Å². The molecule has 13 heavy (non-hydrogen) atoms. The number of fused-ring (bicyclic) bond motifs is 1. The topological polar surface area (TPSA) is 40.9 Å². The molecule has 1 aromatic rings. The van der Waals surface area contributed by atoms with E-state index in [4.69, 9.17) is 5.26 Å². The molecule has 0 aliphatic heterocycles. The first-order valence-corrected chi connectivity index (χ1v) is 3.98. The monoisotopic (exact) mass is 175 g/mol. The molecule has 0 amide bonds. The average molecular weight is 175 g/mol. The van der Waals surface area contributed by atoms with Crippen LogP contribution in [0.2, 0.25) is 0 Å². The van der Waals surface area contributed by atoms with Gasteiger partial charge in [-0.05, 0) is 18.1 Å². The third-order valence-corrected chi connectivity index (χ3v) is 2.25. The fraction of sp³-hybridized carbons (Fsp3) is 0.200. The van der Waals surface area contributed by atoms with Crippen molar-refractivity contribution in [1.29, 1.82) is 5.26 Å². The van der Waals surface area contributed by atoms with Gasteiger partial charge < -0.3 is 0 Å². The lowest BCUT2D eigenvalue weighted by atomic mass is 10.1. The SMILES string of the molecule is N#Cc1ccc2c(c1F)C(=O)CC2. The Labute approximate surface area is 74.6 Å². The first kappa shape index (κ1) is 7.93. The average Bonchev–Trinajstić information content (AvgIpc) is 2.49. The molecule has 1 aliphatic carbocycles. The highest BCUT2D eigenvalue weighted by Crippen LogP contribution is 2.26. The number of halogens is 1. The molecule has 0 fully saturated rings. The standard InChI is InChI=1S/C10H6FNO/c11-10-7(5-12)2-1-6-3-4-8(13)9(6)10/h1-2H,3-4H2. The summed E-state index contributed by atoms with van der Waals surface area (Å²) in [5.41, 5.74) is 0.801. The van der Waals surface area contributed by atoms with E-state index in [9.17, 15) is 9.18 Å². The van der Waals surface area contributed by atoms with Gasteiger partial charge in [-0.1, -0.05) is 6.07 Å². The van der Waals surface area contributed by atoms with Gasteiger partial charge in [0.25, 0.3) is 0 Å². The summed E-state index contributed by atoms with van der Waals surface area (Å²) in [5, 5.41) is 8.53. The van der Waals surface area contributed by atoms with Crippen molar-refractivity contribution in [3.63, 3.8) is 0 Å². The van der Waals surface area contributed by atoms with Crippen molar-refractivity contribution in [3.05, 3.63) is 34.6 Å². The van der Waals surface area contributed by atoms with Gasteiger partial charge in [-0.25, -0.2) is 4.39 Å². The first-order chi connectivity index (χ1) is 6.24. The Morgan fingerprint density at radius 3 is 2.85 bits per heavy atom. The molecule has 3 heteroatoms. The lowest BCUT2D eigenvalue weighted by Crippen LogP contribution is -1.98. The smallest absolute Gasteiger partial charge is 0.166 e. The number of rotatable bonds is 0. The number of hydrogen-bond acceptors (Lipinski definition) is 2. The number of Topliss-reactive ketones (excluding diaryl/α,β-unsaturated/α-hetero) is 1. The van der Waals surface area contributed by atoms with Gasteiger partial charge in [0.2, 0.25) is 0 Å². The van der Waals surface area contributed by atoms with E-state index in [1.54, 1.807) is 12.1 Å². The zero-order valence-electron chi connectivity index (χ0n) is 6.80. The Balaban J connectivity index is 2.71. The summed E-state index contributed by atoms with van der Waals surface area (Å²) in [7, 11) is 0. The van der Waals surface area contributed by atoms with Gasteiger partial charge in [0, 0.05) is 6.42 Å². The minimum absolute atomic E-state index is 0.0472. The zero-order chi connectivity index (χ0) is 9.42. The molecule has 2 rings (SSSR count). The third kappa shape index (κ3) is 1.03. The molecule has 0 unspecified atom stereocenters. The molecular weight excluding hydrogens is 169 g/mol. The molecule has 1 aliphatic rings. The highest BCUT2D eigenvalue weighted by molar-refractivity contribution is 6.01. The number of carbonyl (C=O) groups is 1. The number of hydrogen-bond donors (Lipinski definition) is 0. The van der Waals surface area contributed by atoms with Crippen molar-refractivity contribution in [1.82, 2.24) is 0 Å². The van der Waals surface area contributed by atoms with Crippen LogP contribution < -0.4 is 0 Å². The van der Waals surface area contributed by atoms with E-state index in [0.717, 1.165) is 5.56 Å². The summed E-state index contributed by atoms with van der Waals surface area (Å²) in [4.78, 5) is 11.2. The highest BCUT2D eigenvalue weighted by Gasteiger charge is 2.24. The van der Waals surface area contributed by atoms with Crippen molar-refractivity contribution >= 4 is 5.78 Å². The van der Waals surface area contributed by atoms with Crippen molar-refractivity contribution < 1.29 is 9.18 Å². The summed E-state index contributed by atoms with van der Waals surface area (Å²) in [5.74, 6) is -0.841. The normalized spacial score (nSPS) is 14.0. The maximum atomic E-state index is 13.4. The number of ketones is 1. The van der Waals surface area contributed by atoms with Crippen molar-refractivity contribution in [2.45, 2.75) is 12.8 Å². The summed E-state index contributed by atoms with van der Waals surface area (Å²) in [6, 6.07) is 4.80. The lowest BCUT2D eigenvalue weighted by molar-refractivity contribution is 0.0991. The van der Waals surface area contributed by atoms with E-state index in [0.29, 0.717) is 12.8 Å². The van der Waals surface area contributed by atoms with Crippen molar-refractivity contribution in [2.24, 2.45) is 0 Å². The van der Waals surface area contributed by atoms with Gasteiger partial charge in [0.15, 0.2) is 11.6 Å². The number of nitriles is 1. The summed E-state index contributed by atoms with van der Waals surface area (Å²) in [6.07, 6.45) is 0.956. The van der Waals surface area contributed by atoms with Gasteiger partial charge >= 0.3 is 0 Å². The van der Waals surface area contributed by atoms with Crippen LogP contribution in [0.4, 0.5) is 4.39 Å². The van der Waals surface area contributed by atoms with Crippen LogP contribution in [0.3, 0.4) is 0 Å². The Morgan fingerprint density at radius 2 is 2.15 bits per heavy atom. The molecular formula is C10H6FNO. The minimum Gasteiger partial charge on any atom is -0.294 e. The van der Waals surface area contributed by atoms with Crippen LogP contribution in [0.25, 0.3) is 0 Å².